The summed E-state index contributed by atoms with van der Waals surface area (Å²) < 4.78 is 0.274. The van der Waals surface area contributed by atoms with Gasteiger partial charge in [0.05, 0.1) is 0 Å². The second-order valence-electron chi connectivity index (χ2n) is 7.85. The van der Waals surface area contributed by atoms with E-state index < -0.39 is 19.4 Å². The minimum absolute atomic E-state index is 0.274. The summed E-state index contributed by atoms with van der Waals surface area (Å²) in [5.74, 6) is 0.772. The van der Waals surface area contributed by atoms with Gasteiger partial charge < -0.3 is 0 Å². The number of hydrogen-bond acceptors (Lipinski definition) is 0. The third-order valence-electron chi connectivity index (χ3n) is 6.39. The van der Waals surface area contributed by atoms with Crippen LogP contribution in [0.5, 0.6) is 0 Å². The molecule has 3 atom stereocenters. The summed E-state index contributed by atoms with van der Waals surface area (Å²) in [4.78, 5) is 0. The predicted octanol–water partition coefficient (Wildman–Crippen LogP) is 7.67. The van der Waals surface area contributed by atoms with Crippen molar-refractivity contribution in [3.8, 4) is 11.1 Å². The van der Waals surface area contributed by atoms with E-state index >= 15 is 0 Å². The minimum atomic E-state index is -2.59. The zero-order chi connectivity index (χ0) is 19.3. The van der Waals surface area contributed by atoms with Crippen LogP contribution in [0, 0.1) is 5.92 Å². The standard InChI is InChI=1S/C25H21.2ClH.Zr/c1-17(21-14-13-18-7-2-4-10-22(18)21)15-19-9-6-12-24-23-11-5-3-8-20(23)16-25(19)24;;;/h2-15,17,21H,16H2,1H3;2*1H;/q;;;+2/p-2. The maximum atomic E-state index is 6.83. The zero-order valence-corrected chi connectivity index (χ0v) is 19.7. The van der Waals surface area contributed by atoms with Crippen LogP contribution in [0.25, 0.3) is 17.2 Å². The molecule has 0 radical (unpaired) electrons. The van der Waals surface area contributed by atoms with Crippen molar-refractivity contribution in [2.24, 2.45) is 5.92 Å². The van der Waals surface area contributed by atoms with Gasteiger partial charge in [0.1, 0.15) is 0 Å². The molecule has 0 heterocycles. The van der Waals surface area contributed by atoms with E-state index in [2.05, 4.69) is 85.8 Å². The van der Waals surface area contributed by atoms with E-state index in [4.69, 9.17) is 17.0 Å². The SMILES string of the molecule is CC(C1C=Cc2ccccc21)[CH](c1cccc2c1Cc1ccccc1-2)[Zr]([Cl])[Cl]. The summed E-state index contributed by atoms with van der Waals surface area (Å²) in [6.07, 6.45) is 5.59. The summed E-state index contributed by atoms with van der Waals surface area (Å²) in [7, 11) is 13.7. The Hall–Kier alpha value is -1.14. The van der Waals surface area contributed by atoms with Crippen molar-refractivity contribution >= 4 is 23.1 Å². The van der Waals surface area contributed by atoms with Crippen LogP contribution in [-0.2, 0) is 25.8 Å². The van der Waals surface area contributed by atoms with Gasteiger partial charge in [0.15, 0.2) is 0 Å². The molecule has 3 unspecified atom stereocenters. The Morgan fingerprint density at radius 2 is 1.64 bits per heavy atom. The van der Waals surface area contributed by atoms with Crippen LogP contribution < -0.4 is 0 Å². The molecular formula is C25H21Cl2Zr. The fourth-order valence-corrected chi connectivity index (χ4v) is 11.5. The van der Waals surface area contributed by atoms with Gasteiger partial charge in [0, 0.05) is 0 Å². The van der Waals surface area contributed by atoms with Crippen LogP contribution in [0.4, 0.5) is 0 Å². The average molecular weight is 484 g/mol. The summed E-state index contributed by atoms with van der Waals surface area (Å²) >= 11 is -2.59. The van der Waals surface area contributed by atoms with Crippen molar-refractivity contribution in [1.82, 2.24) is 0 Å². The molecule has 2 aliphatic rings. The van der Waals surface area contributed by atoms with Crippen LogP contribution in [0.15, 0.2) is 72.8 Å². The molecule has 28 heavy (non-hydrogen) atoms. The third-order valence-corrected chi connectivity index (χ3v) is 12.4. The van der Waals surface area contributed by atoms with Crippen molar-refractivity contribution in [1.29, 1.82) is 0 Å². The monoisotopic (exact) mass is 481 g/mol. The molecular weight excluding hydrogens is 462 g/mol. The molecule has 2 aliphatic carbocycles. The average Bonchev–Trinajstić information content (AvgIpc) is 3.30. The van der Waals surface area contributed by atoms with Crippen LogP contribution >= 0.6 is 17.0 Å². The van der Waals surface area contributed by atoms with E-state index in [1.165, 1.54) is 38.9 Å². The van der Waals surface area contributed by atoms with Crippen molar-refractivity contribution in [2.75, 3.05) is 0 Å². The van der Waals surface area contributed by atoms with Gasteiger partial charge in [0.2, 0.25) is 0 Å². The maximum absolute atomic E-state index is 6.83. The van der Waals surface area contributed by atoms with E-state index in [0.717, 1.165) is 6.42 Å². The van der Waals surface area contributed by atoms with Crippen molar-refractivity contribution in [3.05, 3.63) is 101 Å². The van der Waals surface area contributed by atoms with Gasteiger partial charge in [-0.3, -0.25) is 0 Å². The van der Waals surface area contributed by atoms with E-state index in [1.54, 1.807) is 0 Å². The van der Waals surface area contributed by atoms with Gasteiger partial charge >= 0.3 is 183 Å². The second-order valence-corrected chi connectivity index (χ2v) is 16.8. The molecule has 0 spiro atoms. The van der Waals surface area contributed by atoms with Crippen molar-refractivity contribution < 1.29 is 19.4 Å². The Bertz CT molecular complexity index is 1070. The number of halogens is 2. The number of allylic oxidation sites excluding steroid dienone is 1. The summed E-state index contributed by atoms with van der Waals surface area (Å²) in [6, 6.07) is 24.2. The molecule has 0 aliphatic heterocycles. The molecule has 0 N–H and O–H groups in total. The van der Waals surface area contributed by atoms with Gasteiger partial charge in [-0.1, -0.05) is 0 Å². The van der Waals surface area contributed by atoms with Gasteiger partial charge in [-0.05, 0) is 0 Å². The van der Waals surface area contributed by atoms with Crippen LogP contribution in [0.1, 0.15) is 44.3 Å². The van der Waals surface area contributed by atoms with E-state index in [9.17, 15) is 0 Å². The van der Waals surface area contributed by atoms with E-state index in [0.29, 0.717) is 11.8 Å². The Balaban J connectivity index is 1.57. The number of fused-ring (bicyclic) bond motifs is 4. The Labute approximate surface area is 182 Å². The molecule has 0 nitrogen and oxygen atoms in total. The van der Waals surface area contributed by atoms with E-state index in [-0.39, 0.29) is 3.63 Å². The van der Waals surface area contributed by atoms with Crippen LogP contribution in [-0.4, -0.2) is 0 Å². The Morgan fingerprint density at radius 1 is 0.893 bits per heavy atom. The molecule has 0 saturated heterocycles. The predicted molar refractivity (Wildman–Crippen MR) is 117 cm³/mol. The number of hydrogen-bond donors (Lipinski definition) is 0. The summed E-state index contributed by atoms with van der Waals surface area (Å²) in [6.45, 7) is 2.34. The van der Waals surface area contributed by atoms with Crippen LogP contribution in [0.3, 0.4) is 0 Å². The Kier molecular flexibility index (Phi) is 5.12. The zero-order valence-electron chi connectivity index (χ0n) is 15.7. The van der Waals surface area contributed by atoms with Crippen molar-refractivity contribution in [3.63, 3.8) is 0 Å². The Morgan fingerprint density at radius 3 is 2.50 bits per heavy atom. The first kappa shape index (κ1) is 18.9. The van der Waals surface area contributed by atoms with E-state index in [1.807, 2.05) is 0 Å². The fourth-order valence-electron chi connectivity index (χ4n) is 5.02. The topological polar surface area (TPSA) is 0 Å². The summed E-state index contributed by atoms with van der Waals surface area (Å²) in [5, 5.41) is 0. The fraction of sp³-hybridized carbons (Fsp3) is 0.200. The first-order valence-corrected chi connectivity index (χ1v) is 17.5. The quantitative estimate of drug-likeness (QED) is 0.279. The molecule has 0 aromatic heterocycles. The van der Waals surface area contributed by atoms with Gasteiger partial charge in [-0.2, -0.15) is 0 Å². The second kappa shape index (κ2) is 7.60. The van der Waals surface area contributed by atoms with Gasteiger partial charge in [-0.25, -0.2) is 0 Å². The summed E-state index contributed by atoms with van der Waals surface area (Å²) in [5.41, 5.74) is 9.72. The van der Waals surface area contributed by atoms with Gasteiger partial charge in [-0.15, -0.1) is 0 Å². The van der Waals surface area contributed by atoms with Gasteiger partial charge in [0.25, 0.3) is 0 Å². The molecule has 0 amide bonds. The first-order valence-electron chi connectivity index (χ1n) is 9.80. The molecule has 5 rings (SSSR count). The molecule has 3 aromatic carbocycles. The van der Waals surface area contributed by atoms with Crippen molar-refractivity contribution in [2.45, 2.75) is 22.9 Å². The molecule has 0 fully saturated rings. The molecule has 139 valence electrons. The normalized spacial score (nSPS) is 18.3. The molecule has 0 saturated carbocycles. The molecule has 0 bridgehead atoms. The molecule has 3 aromatic rings. The number of benzene rings is 3. The number of rotatable bonds is 4. The molecule has 3 heteroatoms. The first-order chi connectivity index (χ1) is 13.6. The van der Waals surface area contributed by atoms with Crippen LogP contribution in [0.2, 0.25) is 0 Å². The third kappa shape index (κ3) is 3.07.